The van der Waals surface area contributed by atoms with Crippen molar-refractivity contribution < 1.29 is 24.0 Å². The van der Waals surface area contributed by atoms with Gasteiger partial charge in [0.25, 0.3) is 0 Å². The maximum absolute atomic E-state index is 13.5. The molecular weight excluding hydrogens is 368 g/mol. The Morgan fingerprint density at radius 2 is 1.69 bits per heavy atom. The Balaban J connectivity index is 1.65. The molecule has 3 heterocycles. The number of nitrogens with zero attached hydrogens (tertiary/aromatic N) is 1. The van der Waals surface area contributed by atoms with Crippen LogP contribution in [0.1, 0.15) is 22.7 Å². The molecule has 0 radical (unpaired) electrons. The second-order valence-corrected chi connectivity index (χ2v) is 7.84. The summed E-state index contributed by atoms with van der Waals surface area (Å²) in [5.74, 6) is -2.38. The Labute approximate surface area is 168 Å². The molecule has 2 aromatic carbocycles. The van der Waals surface area contributed by atoms with E-state index < -0.39 is 23.8 Å². The van der Waals surface area contributed by atoms with Crippen LogP contribution in [-0.4, -0.2) is 30.9 Å². The van der Waals surface area contributed by atoms with E-state index in [0.717, 1.165) is 21.6 Å². The Bertz CT molecular complexity index is 1060. The first kappa shape index (κ1) is 17.8. The molecule has 1 N–H and O–H groups in total. The Kier molecular flexibility index (Phi) is 3.93. The number of imide groups is 1. The molecule has 5 rings (SSSR count). The molecule has 0 spiro atoms. The third-order valence-corrected chi connectivity index (χ3v) is 6.37. The predicted molar refractivity (Wildman–Crippen MR) is 106 cm³/mol. The van der Waals surface area contributed by atoms with Gasteiger partial charge in [-0.2, -0.15) is 0 Å². The topological polar surface area (TPSA) is 68.1 Å². The lowest BCUT2D eigenvalue weighted by molar-refractivity contribution is -0.885. The third-order valence-electron chi connectivity index (χ3n) is 6.37. The summed E-state index contributed by atoms with van der Waals surface area (Å²) in [6.45, 7) is 1.95. The zero-order valence-corrected chi connectivity index (χ0v) is 16.2. The molecular formula is C23H21N2O4+. The first-order valence-electron chi connectivity index (χ1n) is 9.69. The van der Waals surface area contributed by atoms with Gasteiger partial charge in [-0.05, 0) is 30.7 Å². The average molecular weight is 389 g/mol. The third kappa shape index (κ3) is 2.42. The van der Waals surface area contributed by atoms with E-state index in [9.17, 15) is 14.4 Å². The number of esters is 1. The SMILES string of the molecule is COC(=O)[C@H]1[C@@H]2C(=O)N(c3ccc(C)cc3)C(=O)[C@@H]2[C@H]2c3ccccc3C=C[NH+]21. The van der Waals surface area contributed by atoms with Crippen LogP contribution < -0.4 is 9.80 Å². The number of rotatable bonds is 2. The highest BCUT2D eigenvalue weighted by atomic mass is 16.5. The van der Waals surface area contributed by atoms with Crippen molar-refractivity contribution in [1.29, 1.82) is 0 Å². The van der Waals surface area contributed by atoms with Crippen molar-refractivity contribution in [1.82, 2.24) is 0 Å². The minimum Gasteiger partial charge on any atom is -0.465 e. The van der Waals surface area contributed by atoms with Crippen LogP contribution >= 0.6 is 0 Å². The van der Waals surface area contributed by atoms with E-state index >= 15 is 0 Å². The maximum atomic E-state index is 13.5. The molecule has 0 bridgehead atoms. The highest BCUT2D eigenvalue weighted by molar-refractivity contribution is 6.23. The number of fused-ring (bicyclic) bond motifs is 5. The number of methoxy groups -OCH3 is 1. The Morgan fingerprint density at radius 3 is 2.41 bits per heavy atom. The molecule has 2 saturated heterocycles. The highest BCUT2D eigenvalue weighted by Gasteiger charge is 2.68. The van der Waals surface area contributed by atoms with Crippen molar-refractivity contribution in [2.75, 3.05) is 12.0 Å². The molecule has 2 amide bonds. The molecule has 3 aliphatic heterocycles. The van der Waals surface area contributed by atoms with E-state index in [4.69, 9.17) is 4.74 Å². The smallest absolute Gasteiger partial charge is 0.365 e. The van der Waals surface area contributed by atoms with Crippen molar-refractivity contribution in [3.8, 4) is 0 Å². The van der Waals surface area contributed by atoms with Crippen LogP contribution in [0.15, 0.2) is 54.7 Å². The summed E-state index contributed by atoms with van der Waals surface area (Å²) < 4.78 is 5.04. The molecule has 2 aromatic rings. The van der Waals surface area contributed by atoms with E-state index in [-0.39, 0.29) is 17.9 Å². The van der Waals surface area contributed by atoms with E-state index in [2.05, 4.69) is 0 Å². The Morgan fingerprint density at radius 1 is 1.00 bits per heavy atom. The van der Waals surface area contributed by atoms with Gasteiger partial charge in [0.2, 0.25) is 17.9 Å². The van der Waals surface area contributed by atoms with Crippen LogP contribution in [0.3, 0.4) is 0 Å². The van der Waals surface area contributed by atoms with Gasteiger partial charge in [-0.25, -0.2) is 9.69 Å². The number of aryl methyl sites for hydroxylation is 1. The molecule has 5 atom stereocenters. The van der Waals surface area contributed by atoms with Gasteiger partial charge in [-0.1, -0.05) is 42.0 Å². The zero-order valence-electron chi connectivity index (χ0n) is 16.2. The molecule has 6 heteroatoms. The number of carbonyl (C=O) groups excluding carboxylic acids is 3. The van der Waals surface area contributed by atoms with E-state index in [0.29, 0.717) is 5.69 Å². The molecule has 146 valence electrons. The van der Waals surface area contributed by atoms with Gasteiger partial charge in [0.05, 0.1) is 19.0 Å². The fourth-order valence-electron chi connectivity index (χ4n) is 5.09. The molecule has 3 aliphatic rings. The summed E-state index contributed by atoms with van der Waals surface area (Å²) in [6, 6.07) is 14.1. The van der Waals surface area contributed by atoms with Crippen molar-refractivity contribution in [3.63, 3.8) is 0 Å². The van der Waals surface area contributed by atoms with Gasteiger partial charge < -0.3 is 4.74 Å². The van der Waals surface area contributed by atoms with Crippen molar-refractivity contribution >= 4 is 29.5 Å². The number of hydrogen-bond acceptors (Lipinski definition) is 4. The van der Waals surface area contributed by atoms with Crippen molar-refractivity contribution in [2.24, 2.45) is 11.8 Å². The largest absolute Gasteiger partial charge is 0.465 e. The molecule has 6 nitrogen and oxygen atoms in total. The minimum absolute atomic E-state index is 0.247. The van der Waals surface area contributed by atoms with E-state index in [1.165, 1.54) is 12.0 Å². The standard InChI is InChI=1S/C23H20N2O4/c1-13-7-9-15(10-8-13)25-21(26)17-18(22(25)27)20(23(28)29-2)24-12-11-14-5-3-4-6-16(14)19(17)24/h3-12,17-20H,1-2H3/p+1/t17-,18+,19+,20+/m0/s1. The average Bonchev–Trinajstić information content (AvgIpc) is 3.21. The maximum Gasteiger partial charge on any atom is 0.365 e. The second-order valence-electron chi connectivity index (χ2n) is 7.84. The number of ether oxygens (including phenoxy) is 1. The van der Waals surface area contributed by atoms with Crippen molar-refractivity contribution in [3.05, 3.63) is 71.4 Å². The van der Waals surface area contributed by atoms with Gasteiger partial charge in [0, 0.05) is 5.56 Å². The number of anilines is 1. The van der Waals surface area contributed by atoms with Crippen LogP contribution in [0.4, 0.5) is 5.69 Å². The lowest BCUT2D eigenvalue weighted by Crippen LogP contribution is -3.12. The molecule has 1 unspecified atom stereocenters. The lowest BCUT2D eigenvalue weighted by atomic mass is 9.84. The summed E-state index contributed by atoms with van der Waals surface area (Å²) in [5, 5.41) is 0. The number of carbonyl (C=O) groups is 3. The van der Waals surface area contributed by atoms with E-state index in [1.807, 2.05) is 55.6 Å². The fourth-order valence-corrected chi connectivity index (χ4v) is 5.09. The highest BCUT2D eigenvalue weighted by Crippen LogP contribution is 2.44. The number of benzene rings is 2. The van der Waals surface area contributed by atoms with Crippen molar-refractivity contribution in [2.45, 2.75) is 19.0 Å². The van der Waals surface area contributed by atoms with Gasteiger partial charge in [0.15, 0.2) is 0 Å². The molecule has 0 saturated carbocycles. The van der Waals surface area contributed by atoms with Crippen LogP contribution in [0.5, 0.6) is 0 Å². The summed E-state index contributed by atoms with van der Waals surface area (Å²) >= 11 is 0. The summed E-state index contributed by atoms with van der Waals surface area (Å²) in [4.78, 5) is 41.7. The minimum atomic E-state index is -0.744. The second kappa shape index (κ2) is 6.39. The number of quaternary nitrogens is 1. The number of hydrogen-bond donors (Lipinski definition) is 1. The van der Waals surface area contributed by atoms with Crippen LogP contribution in [0.2, 0.25) is 0 Å². The first-order chi connectivity index (χ1) is 14.0. The van der Waals surface area contributed by atoms with Gasteiger partial charge in [-0.15, -0.1) is 0 Å². The fraction of sp³-hybridized carbons (Fsp3) is 0.261. The quantitative estimate of drug-likeness (QED) is 0.620. The Hall–Kier alpha value is -3.25. The summed E-state index contributed by atoms with van der Waals surface area (Å²) in [7, 11) is 1.32. The first-order valence-corrected chi connectivity index (χ1v) is 9.69. The summed E-state index contributed by atoms with van der Waals surface area (Å²) in [5.41, 5.74) is 3.59. The van der Waals surface area contributed by atoms with E-state index in [1.54, 1.807) is 12.1 Å². The molecule has 0 aromatic heterocycles. The zero-order chi connectivity index (χ0) is 20.3. The van der Waals surface area contributed by atoms with Crippen LogP contribution in [-0.2, 0) is 19.1 Å². The predicted octanol–water partition coefficient (Wildman–Crippen LogP) is 1.27. The van der Waals surface area contributed by atoms with Gasteiger partial charge in [0.1, 0.15) is 17.9 Å². The van der Waals surface area contributed by atoms with Crippen LogP contribution in [0.25, 0.3) is 6.08 Å². The van der Waals surface area contributed by atoms with Gasteiger partial charge in [-0.3, -0.25) is 14.5 Å². The lowest BCUT2D eigenvalue weighted by Gasteiger charge is -2.30. The van der Waals surface area contributed by atoms with Gasteiger partial charge >= 0.3 is 5.97 Å². The summed E-state index contributed by atoms with van der Waals surface area (Å²) in [6.07, 6.45) is 3.84. The molecule has 2 fully saturated rings. The molecule has 0 aliphatic carbocycles. The van der Waals surface area contributed by atoms with Crippen LogP contribution in [0, 0.1) is 18.8 Å². The normalized spacial score (nSPS) is 29.4. The monoisotopic (exact) mass is 389 g/mol. The molecule has 29 heavy (non-hydrogen) atoms. The number of nitrogens with one attached hydrogen (secondary N) is 1. The number of amides is 2.